The molecule has 0 aliphatic carbocycles. The third-order valence-corrected chi connectivity index (χ3v) is 6.30. The van der Waals surface area contributed by atoms with Gasteiger partial charge in [-0.25, -0.2) is 8.42 Å². The third kappa shape index (κ3) is 4.17. The first-order valence-corrected chi connectivity index (χ1v) is 11.3. The van der Waals surface area contributed by atoms with Crippen molar-refractivity contribution < 1.29 is 13.2 Å². The highest BCUT2D eigenvalue weighted by atomic mass is 32.2. The minimum absolute atomic E-state index is 0.196. The fourth-order valence-electron chi connectivity index (χ4n) is 3.60. The van der Waals surface area contributed by atoms with Gasteiger partial charge >= 0.3 is 0 Å². The predicted molar refractivity (Wildman–Crippen MR) is 115 cm³/mol. The first-order chi connectivity index (χ1) is 13.9. The normalized spacial score (nSPS) is 13.6. The van der Waals surface area contributed by atoms with Crippen molar-refractivity contribution in [2.45, 2.75) is 17.9 Å². The van der Waals surface area contributed by atoms with Crippen LogP contribution in [0.25, 0.3) is 0 Å². The van der Waals surface area contributed by atoms with E-state index in [1.54, 1.807) is 0 Å². The molecule has 1 heterocycles. The van der Waals surface area contributed by atoms with Crippen LogP contribution in [-0.2, 0) is 22.8 Å². The number of para-hydroxylation sites is 2. The number of anilines is 2. The lowest BCUT2D eigenvalue weighted by Crippen LogP contribution is -2.31. The molecule has 6 heteroatoms. The number of benzene rings is 3. The number of amides is 1. The lowest BCUT2D eigenvalue weighted by Gasteiger charge is -2.32. The van der Waals surface area contributed by atoms with Crippen molar-refractivity contribution in [2.24, 2.45) is 0 Å². The number of sulfone groups is 1. The Balaban J connectivity index is 1.55. The first-order valence-electron chi connectivity index (χ1n) is 9.44. The molecule has 1 aliphatic rings. The summed E-state index contributed by atoms with van der Waals surface area (Å²) in [5.41, 5.74) is 4.80. The van der Waals surface area contributed by atoms with Crippen LogP contribution in [0.3, 0.4) is 0 Å². The zero-order valence-electron chi connectivity index (χ0n) is 16.1. The Hall–Kier alpha value is -3.12. The van der Waals surface area contributed by atoms with E-state index in [0.29, 0.717) is 5.56 Å². The average Bonchev–Trinajstić information content (AvgIpc) is 2.73. The third-order valence-electron chi connectivity index (χ3n) is 5.17. The molecule has 1 amide bonds. The molecule has 0 radical (unpaired) electrons. The SMILES string of the molecule is CS(=O)(=O)c1ccc(C(=O)Nc2ccccc2N2CCc3ccccc3C2)cc1. The van der Waals surface area contributed by atoms with Gasteiger partial charge in [0.05, 0.1) is 16.3 Å². The Morgan fingerprint density at radius 1 is 0.897 bits per heavy atom. The van der Waals surface area contributed by atoms with Crippen molar-refractivity contribution >= 4 is 27.1 Å². The van der Waals surface area contributed by atoms with Crippen LogP contribution in [0.4, 0.5) is 11.4 Å². The van der Waals surface area contributed by atoms with Crippen molar-refractivity contribution in [2.75, 3.05) is 23.0 Å². The topological polar surface area (TPSA) is 66.5 Å². The number of fused-ring (bicyclic) bond motifs is 1. The fourth-order valence-corrected chi connectivity index (χ4v) is 4.23. The maximum absolute atomic E-state index is 12.7. The quantitative estimate of drug-likeness (QED) is 0.714. The second-order valence-electron chi connectivity index (χ2n) is 7.21. The summed E-state index contributed by atoms with van der Waals surface area (Å²) in [6, 6.07) is 22.2. The van der Waals surface area contributed by atoms with Gasteiger partial charge in [0.1, 0.15) is 0 Å². The summed E-state index contributed by atoms with van der Waals surface area (Å²) < 4.78 is 23.2. The molecule has 3 aromatic carbocycles. The summed E-state index contributed by atoms with van der Waals surface area (Å²) in [5.74, 6) is -0.269. The van der Waals surface area contributed by atoms with Gasteiger partial charge < -0.3 is 10.2 Å². The standard InChI is InChI=1S/C23H22N2O3S/c1-29(27,28)20-12-10-18(11-13-20)23(26)24-21-8-4-5-9-22(21)25-15-14-17-6-2-3-7-19(17)16-25/h2-13H,14-16H2,1H3,(H,24,26). The molecule has 4 rings (SSSR count). The van der Waals surface area contributed by atoms with Gasteiger partial charge in [-0.1, -0.05) is 36.4 Å². The van der Waals surface area contributed by atoms with Gasteiger partial charge in [0.25, 0.3) is 5.91 Å². The van der Waals surface area contributed by atoms with Crippen LogP contribution >= 0.6 is 0 Å². The van der Waals surface area contributed by atoms with Crippen LogP contribution in [0, 0.1) is 0 Å². The Morgan fingerprint density at radius 2 is 1.55 bits per heavy atom. The summed E-state index contributed by atoms with van der Waals surface area (Å²) in [5, 5.41) is 2.98. The van der Waals surface area contributed by atoms with E-state index >= 15 is 0 Å². The minimum atomic E-state index is -3.29. The molecule has 1 N–H and O–H groups in total. The van der Waals surface area contributed by atoms with Crippen LogP contribution < -0.4 is 10.2 Å². The highest BCUT2D eigenvalue weighted by Crippen LogP contribution is 2.30. The second kappa shape index (κ2) is 7.72. The van der Waals surface area contributed by atoms with Crippen LogP contribution in [-0.4, -0.2) is 27.1 Å². The van der Waals surface area contributed by atoms with Crippen LogP contribution in [0.15, 0.2) is 77.7 Å². The number of rotatable bonds is 4. The molecule has 3 aromatic rings. The van der Waals surface area contributed by atoms with Gasteiger partial charge in [0.2, 0.25) is 0 Å². The molecule has 0 unspecified atom stereocenters. The van der Waals surface area contributed by atoms with Crippen molar-refractivity contribution in [1.82, 2.24) is 0 Å². The molecule has 148 valence electrons. The summed E-state index contributed by atoms with van der Waals surface area (Å²) in [7, 11) is -3.29. The predicted octanol–water partition coefficient (Wildman–Crippen LogP) is 3.91. The van der Waals surface area contributed by atoms with Crippen molar-refractivity contribution in [3.8, 4) is 0 Å². The summed E-state index contributed by atoms with van der Waals surface area (Å²) in [4.78, 5) is 15.2. The van der Waals surface area contributed by atoms with Gasteiger partial charge in [0, 0.05) is 24.9 Å². The maximum Gasteiger partial charge on any atom is 0.255 e. The molecular formula is C23H22N2O3S. The molecule has 0 spiro atoms. The van der Waals surface area contributed by atoms with E-state index in [9.17, 15) is 13.2 Å². The largest absolute Gasteiger partial charge is 0.365 e. The highest BCUT2D eigenvalue weighted by Gasteiger charge is 2.19. The van der Waals surface area contributed by atoms with Crippen molar-refractivity contribution in [3.63, 3.8) is 0 Å². The van der Waals surface area contributed by atoms with Gasteiger partial charge in [-0.3, -0.25) is 4.79 Å². The van der Waals surface area contributed by atoms with E-state index in [2.05, 4.69) is 34.5 Å². The van der Waals surface area contributed by atoms with Gasteiger partial charge in [-0.15, -0.1) is 0 Å². The molecule has 1 aliphatic heterocycles. The smallest absolute Gasteiger partial charge is 0.255 e. The fraction of sp³-hybridized carbons (Fsp3) is 0.174. The first kappa shape index (κ1) is 19.2. The van der Waals surface area contributed by atoms with Crippen LogP contribution in [0.1, 0.15) is 21.5 Å². The Kier molecular flexibility index (Phi) is 5.11. The van der Waals surface area contributed by atoms with Crippen LogP contribution in [0.5, 0.6) is 0 Å². The van der Waals surface area contributed by atoms with Gasteiger partial charge in [-0.05, 0) is 53.9 Å². The Morgan fingerprint density at radius 3 is 2.28 bits per heavy atom. The number of nitrogens with zero attached hydrogens (tertiary/aromatic N) is 1. The van der Waals surface area contributed by atoms with E-state index < -0.39 is 9.84 Å². The highest BCUT2D eigenvalue weighted by molar-refractivity contribution is 7.90. The zero-order chi connectivity index (χ0) is 20.4. The maximum atomic E-state index is 12.7. The van der Waals surface area contributed by atoms with Gasteiger partial charge in [0.15, 0.2) is 9.84 Å². The number of nitrogens with one attached hydrogen (secondary N) is 1. The molecule has 5 nitrogen and oxygen atoms in total. The molecule has 0 aromatic heterocycles. The zero-order valence-corrected chi connectivity index (χ0v) is 16.9. The van der Waals surface area contributed by atoms with E-state index in [1.165, 1.54) is 35.4 Å². The molecule has 0 saturated carbocycles. The van der Waals surface area contributed by atoms with Crippen molar-refractivity contribution in [3.05, 3.63) is 89.5 Å². The van der Waals surface area contributed by atoms with E-state index in [1.807, 2.05) is 24.3 Å². The second-order valence-corrected chi connectivity index (χ2v) is 9.22. The Labute approximate surface area is 170 Å². The van der Waals surface area contributed by atoms with E-state index in [4.69, 9.17) is 0 Å². The molecule has 0 bridgehead atoms. The number of carbonyl (C=O) groups is 1. The molecular weight excluding hydrogens is 384 g/mol. The lowest BCUT2D eigenvalue weighted by atomic mass is 9.99. The summed E-state index contributed by atoms with van der Waals surface area (Å²) in [6.45, 7) is 1.68. The summed E-state index contributed by atoms with van der Waals surface area (Å²) in [6.07, 6.45) is 2.11. The Bertz CT molecular complexity index is 1150. The molecule has 0 fully saturated rings. The molecule has 0 saturated heterocycles. The lowest BCUT2D eigenvalue weighted by molar-refractivity contribution is 0.102. The summed E-state index contributed by atoms with van der Waals surface area (Å²) >= 11 is 0. The van der Waals surface area contributed by atoms with Crippen molar-refractivity contribution in [1.29, 1.82) is 0 Å². The minimum Gasteiger partial charge on any atom is -0.365 e. The number of hydrogen-bond acceptors (Lipinski definition) is 4. The van der Waals surface area contributed by atoms with Crippen LogP contribution in [0.2, 0.25) is 0 Å². The number of carbonyl (C=O) groups excluding carboxylic acids is 1. The average molecular weight is 407 g/mol. The van der Waals surface area contributed by atoms with E-state index in [-0.39, 0.29) is 10.8 Å². The van der Waals surface area contributed by atoms with Gasteiger partial charge in [-0.2, -0.15) is 0 Å². The monoisotopic (exact) mass is 406 g/mol. The molecule has 0 atom stereocenters. The molecule has 29 heavy (non-hydrogen) atoms. The van der Waals surface area contributed by atoms with E-state index in [0.717, 1.165) is 37.1 Å². The number of hydrogen-bond donors (Lipinski definition) is 1.